The van der Waals surface area contributed by atoms with Crippen LogP contribution >= 0.6 is 0 Å². The molecule has 0 heterocycles. The van der Waals surface area contributed by atoms with E-state index >= 15 is 0 Å². The topological polar surface area (TPSA) is 91.8 Å². The van der Waals surface area contributed by atoms with Gasteiger partial charge in [0.05, 0.1) is 19.4 Å². The van der Waals surface area contributed by atoms with Gasteiger partial charge in [-0.15, -0.1) is 0 Å². The van der Waals surface area contributed by atoms with E-state index in [1.54, 1.807) is 7.11 Å². The number of nitrogens with one attached hydrogen (secondary N) is 3. The fraction of sp³-hybridized carbons (Fsp3) is 0.929. The Morgan fingerprint density at radius 1 is 1.27 bits per heavy atom. The summed E-state index contributed by atoms with van der Waals surface area (Å²) in [6.45, 7) is 2.02. The van der Waals surface area contributed by atoms with Crippen LogP contribution in [0.1, 0.15) is 25.7 Å². The van der Waals surface area contributed by atoms with Crippen molar-refractivity contribution in [2.24, 2.45) is 16.8 Å². The standard InChI is InChI=1S/C14H28N4O3S/c1-21-8-7-16-14(15-5-6-17-22(2,19)20)18-13-10-11-3-4-12(13)9-11/h11-13,17H,3-10H2,1-2H3,(H2,15,16,18)/t11-,12-,13+/m0/s1. The van der Waals surface area contributed by atoms with E-state index in [9.17, 15) is 8.42 Å². The number of hydrogen-bond acceptors (Lipinski definition) is 4. The minimum atomic E-state index is -3.15. The van der Waals surface area contributed by atoms with Gasteiger partial charge in [-0.25, -0.2) is 13.1 Å². The van der Waals surface area contributed by atoms with Crippen LogP contribution in [0.25, 0.3) is 0 Å². The molecule has 128 valence electrons. The summed E-state index contributed by atoms with van der Waals surface area (Å²) in [5, 5.41) is 6.75. The van der Waals surface area contributed by atoms with Gasteiger partial charge < -0.3 is 15.4 Å². The van der Waals surface area contributed by atoms with E-state index in [2.05, 4.69) is 20.3 Å². The number of methoxy groups -OCH3 is 1. The highest BCUT2D eigenvalue weighted by atomic mass is 32.2. The molecule has 0 radical (unpaired) electrons. The monoisotopic (exact) mass is 332 g/mol. The minimum Gasteiger partial charge on any atom is -0.383 e. The Balaban J connectivity index is 1.82. The van der Waals surface area contributed by atoms with E-state index in [1.807, 2.05) is 0 Å². The molecule has 2 bridgehead atoms. The highest BCUT2D eigenvalue weighted by molar-refractivity contribution is 7.88. The van der Waals surface area contributed by atoms with Gasteiger partial charge in [-0.05, 0) is 31.1 Å². The summed E-state index contributed by atoms with van der Waals surface area (Å²) in [6, 6.07) is 0.496. The number of aliphatic imine (C=N–C) groups is 1. The van der Waals surface area contributed by atoms with Gasteiger partial charge in [-0.3, -0.25) is 4.99 Å². The van der Waals surface area contributed by atoms with Crippen LogP contribution in [0.3, 0.4) is 0 Å². The Kier molecular flexibility index (Phi) is 6.46. The van der Waals surface area contributed by atoms with Crippen LogP contribution < -0.4 is 15.4 Å². The highest BCUT2D eigenvalue weighted by Crippen LogP contribution is 2.44. The van der Waals surface area contributed by atoms with Crippen LogP contribution in [-0.4, -0.2) is 60.0 Å². The summed E-state index contributed by atoms with van der Waals surface area (Å²) in [4.78, 5) is 4.46. The zero-order chi connectivity index (χ0) is 16.0. The molecule has 0 aromatic heterocycles. The van der Waals surface area contributed by atoms with Crippen molar-refractivity contribution in [1.82, 2.24) is 15.4 Å². The summed E-state index contributed by atoms with van der Waals surface area (Å²) >= 11 is 0. The zero-order valence-corrected chi connectivity index (χ0v) is 14.3. The van der Waals surface area contributed by atoms with Crippen LogP contribution in [0.15, 0.2) is 4.99 Å². The largest absolute Gasteiger partial charge is 0.383 e. The summed E-state index contributed by atoms with van der Waals surface area (Å²) in [5.41, 5.74) is 0. The predicted molar refractivity (Wildman–Crippen MR) is 87.4 cm³/mol. The quantitative estimate of drug-likeness (QED) is 0.328. The molecule has 0 amide bonds. The number of guanidine groups is 1. The van der Waals surface area contributed by atoms with Gasteiger partial charge in [0, 0.05) is 26.2 Å². The molecule has 7 nitrogen and oxygen atoms in total. The van der Waals surface area contributed by atoms with Crippen LogP contribution in [0.4, 0.5) is 0 Å². The number of hydrogen-bond donors (Lipinski definition) is 3. The zero-order valence-electron chi connectivity index (χ0n) is 13.5. The molecular weight excluding hydrogens is 304 g/mol. The molecule has 0 unspecified atom stereocenters. The summed E-state index contributed by atoms with van der Waals surface area (Å²) in [5.74, 6) is 2.38. The van der Waals surface area contributed by atoms with Crippen molar-refractivity contribution in [2.75, 3.05) is 39.6 Å². The summed E-state index contributed by atoms with van der Waals surface area (Å²) < 4.78 is 29.6. The lowest BCUT2D eigenvalue weighted by Crippen LogP contribution is -2.46. The first-order valence-electron chi connectivity index (χ1n) is 7.96. The molecule has 0 saturated heterocycles. The Bertz CT molecular complexity index is 480. The molecule has 2 aliphatic rings. The molecule has 2 aliphatic carbocycles. The van der Waals surface area contributed by atoms with Gasteiger partial charge in [0.1, 0.15) is 0 Å². The number of ether oxygens (including phenoxy) is 1. The summed E-state index contributed by atoms with van der Waals surface area (Å²) in [7, 11) is -1.49. The van der Waals surface area contributed by atoms with Gasteiger partial charge in [0.25, 0.3) is 0 Å². The minimum absolute atomic E-state index is 0.312. The Labute approximate surface area is 133 Å². The third-order valence-corrected chi connectivity index (χ3v) is 5.13. The van der Waals surface area contributed by atoms with Gasteiger partial charge >= 0.3 is 0 Å². The normalized spacial score (nSPS) is 28.1. The molecule has 2 saturated carbocycles. The maximum atomic E-state index is 11.0. The molecule has 0 aliphatic heterocycles. The summed E-state index contributed by atoms with van der Waals surface area (Å²) in [6.07, 6.45) is 6.38. The molecule has 8 heteroatoms. The lowest BCUT2D eigenvalue weighted by molar-refractivity contribution is 0.203. The first kappa shape index (κ1) is 17.5. The maximum Gasteiger partial charge on any atom is 0.208 e. The molecule has 2 fully saturated rings. The Morgan fingerprint density at radius 2 is 2.09 bits per heavy atom. The Morgan fingerprint density at radius 3 is 2.68 bits per heavy atom. The molecule has 0 spiro atoms. The van der Waals surface area contributed by atoms with Crippen LogP contribution in [-0.2, 0) is 14.8 Å². The van der Waals surface area contributed by atoms with Crippen molar-refractivity contribution in [2.45, 2.75) is 31.7 Å². The fourth-order valence-electron chi connectivity index (χ4n) is 3.42. The number of fused-ring (bicyclic) bond motifs is 2. The van der Waals surface area contributed by atoms with Crippen LogP contribution in [0.5, 0.6) is 0 Å². The Hall–Kier alpha value is -0.860. The second-order valence-electron chi connectivity index (χ2n) is 6.24. The average Bonchev–Trinajstić information content (AvgIpc) is 3.05. The molecule has 3 N–H and O–H groups in total. The molecule has 2 rings (SSSR count). The van der Waals surface area contributed by atoms with Crippen molar-refractivity contribution >= 4 is 16.0 Å². The third kappa shape index (κ3) is 5.73. The lowest BCUT2D eigenvalue weighted by Gasteiger charge is -2.25. The van der Waals surface area contributed by atoms with Crippen molar-refractivity contribution < 1.29 is 13.2 Å². The smallest absolute Gasteiger partial charge is 0.208 e. The number of sulfonamides is 1. The first-order valence-corrected chi connectivity index (χ1v) is 9.85. The maximum absolute atomic E-state index is 11.0. The van der Waals surface area contributed by atoms with Gasteiger partial charge in [-0.2, -0.15) is 0 Å². The van der Waals surface area contributed by atoms with Crippen molar-refractivity contribution in [3.8, 4) is 0 Å². The van der Waals surface area contributed by atoms with E-state index in [0.717, 1.165) is 24.1 Å². The van der Waals surface area contributed by atoms with Crippen molar-refractivity contribution in [3.63, 3.8) is 0 Å². The lowest BCUT2D eigenvalue weighted by atomic mass is 9.95. The predicted octanol–water partition coefficient (Wildman–Crippen LogP) is -0.0942. The average molecular weight is 332 g/mol. The van der Waals surface area contributed by atoms with E-state index < -0.39 is 10.0 Å². The second kappa shape index (κ2) is 8.12. The molecule has 22 heavy (non-hydrogen) atoms. The van der Waals surface area contributed by atoms with Gasteiger partial charge in [0.15, 0.2) is 5.96 Å². The third-order valence-electron chi connectivity index (χ3n) is 4.40. The first-order chi connectivity index (χ1) is 10.5. The molecule has 3 atom stereocenters. The van der Waals surface area contributed by atoms with E-state index in [-0.39, 0.29) is 0 Å². The molecule has 0 aromatic rings. The SMILES string of the molecule is COCCNC(=NCCNS(C)(=O)=O)N[C@@H]1C[C@H]2CC[C@H]1C2. The highest BCUT2D eigenvalue weighted by Gasteiger charge is 2.39. The van der Waals surface area contributed by atoms with Gasteiger partial charge in [0.2, 0.25) is 10.0 Å². The van der Waals surface area contributed by atoms with Crippen LogP contribution in [0, 0.1) is 11.8 Å². The van der Waals surface area contributed by atoms with Crippen LogP contribution in [0.2, 0.25) is 0 Å². The van der Waals surface area contributed by atoms with Crippen molar-refractivity contribution in [1.29, 1.82) is 0 Å². The van der Waals surface area contributed by atoms with Crippen molar-refractivity contribution in [3.05, 3.63) is 0 Å². The second-order valence-corrected chi connectivity index (χ2v) is 8.08. The fourth-order valence-corrected chi connectivity index (χ4v) is 3.88. The number of nitrogens with zero attached hydrogens (tertiary/aromatic N) is 1. The van der Waals surface area contributed by atoms with E-state index in [4.69, 9.17) is 4.74 Å². The molecule has 0 aromatic carbocycles. The number of rotatable bonds is 8. The van der Waals surface area contributed by atoms with Gasteiger partial charge in [-0.1, -0.05) is 6.42 Å². The van der Waals surface area contributed by atoms with E-state index in [1.165, 1.54) is 25.7 Å². The van der Waals surface area contributed by atoms with E-state index in [0.29, 0.717) is 32.3 Å². The molecular formula is C14H28N4O3S.